The number of nitrogens with one attached hydrogen (secondary N) is 1. The van der Waals surface area contributed by atoms with Crippen molar-refractivity contribution in [2.75, 3.05) is 0 Å². The van der Waals surface area contributed by atoms with Crippen molar-refractivity contribution in [1.82, 2.24) is 19.0 Å². The van der Waals surface area contributed by atoms with Crippen LogP contribution >= 0.6 is 0 Å². The maximum Gasteiger partial charge on any atom is 0.332 e. The van der Waals surface area contributed by atoms with Crippen molar-refractivity contribution in [2.45, 2.75) is 19.9 Å². The molecular weight excluding hydrogens is 260 g/mol. The molecule has 7 heteroatoms. The lowest BCUT2D eigenvalue weighted by Crippen LogP contribution is -2.37. The molecule has 0 fully saturated rings. The van der Waals surface area contributed by atoms with E-state index >= 15 is 0 Å². The van der Waals surface area contributed by atoms with Crippen molar-refractivity contribution in [1.29, 1.82) is 0 Å². The van der Waals surface area contributed by atoms with E-state index in [4.69, 9.17) is 0 Å². The van der Waals surface area contributed by atoms with Crippen LogP contribution in [0.25, 0.3) is 11.0 Å². The summed E-state index contributed by atoms with van der Waals surface area (Å²) in [6.45, 7) is 3.71. The molecule has 0 aliphatic heterocycles. The summed E-state index contributed by atoms with van der Waals surface area (Å²) >= 11 is 0. The highest BCUT2D eigenvalue weighted by Gasteiger charge is 2.19. The Labute approximate surface area is 115 Å². The van der Waals surface area contributed by atoms with Gasteiger partial charge in [-0.1, -0.05) is 0 Å². The van der Waals surface area contributed by atoms with Gasteiger partial charge in [-0.25, -0.2) is 4.79 Å². The predicted octanol–water partition coefficient (Wildman–Crippen LogP) is -0.286. The Bertz CT molecular complexity index is 808. The van der Waals surface area contributed by atoms with Gasteiger partial charge in [-0.15, -0.1) is 0 Å². The Morgan fingerprint density at radius 2 is 1.70 bits per heavy atom. The molecule has 0 saturated carbocycles. The SMILES string of the molecule is CC(C)NC(=O)c1cc2c(=O)n(C)c(=O)n(C)c2n1C. The van der Waals surface area contributed by atoms with Crippen LogP contribution in [-0.2, 0) is 21.1 Å². The number of aryl methyl sites for hydroxylation is 2. The maximum atomic E-state index is 12.1. The second-order valence-corrected chi connectivity index (χ2v) is 5.16. The number of amides is 1. The minimum absolute atomic E-state index is 0.00725. The van der Waals surface area contributed by atoms with Gasteiger partial charge < -0.3 is 9.88 Å². The van der Waals surface area contributed by atoms with E-state index < -0.39 is 11.2 Å². The van der Waals surface area contributed by atoms with Crippen LogP contribution in [0.4, 0.5) is 0 Å². The summed E-state index contributed by atoms with van der Waals surface area (Å²) in [4.78, 5) is 36.2. The van der Waals surface area contributed by atoms with E-state index in [1.165, 1.54) is 17.7 Å². The molecule has 2 aromatic heterocycles. The lowest BCUT2D eigenvalue weighted by Gasteiger charge is -2.10. The van der Waals surface area contributed by atoms with Crippen molar-refractivity contribution < 1.29 is 4.79 Å². The number of carbonyl (C=O) groups excluding carboxylic acids is 1. The standard InChI is InChI=1S/C13H18N4O3/c1-7(2)14-10(18)9-6-8-11(15(9)3)16(4)13(20)17(5)12(8)19/h6-7H,1-5H3,(H,14,18). The van der Waals surface area contributed by atoms with E-state index in [-0.39, 0.29) is 11.9 Å². The molecule has 1 amide bonds. The molecule has 0 radical (unpaired) electrons. The van der Waals surface area contributed by atoms with Gasteiger partial charge in [0.2, 0.25) is 0 Å². The molecule has 7 nitrogen and oxygen atoms in total. The third-order valence-electron chi connectivity index (χ3n) is 3.28. The zero-order chi connectivity index (χ0) is 15.2. The summed E-state index contributed by atoms with van der Waals surface area (Å²) < 4.78 is 3.96. The van der Waals surface area contributed by atoms with E-state index in [9.17, 15) is 14.4 Å². The van der Waals surface area contributed by atoms with Gasteiger partial charge in [-0.3, -0.25) is 18.7 Å². The molecule has 108 valence electrons. The predicted molar refractivity (Wildman–Crippen MR) is 76.0 cm³/mol. The van der Waals surface area contributed by atoms with E-state index in [2.05, 4.69) is 5.32 Å². The van der Waals surface area contributed by atoms with Crippen LogP contribution in [0.2, 0.25) is 0 Å². The molecule has 0 spiro atoms. The smallest absolute Gasteiger partial charge is 0.332 e. The monoisotopic (exact) mass is 278 g/mol. The Hall–Kier alpha value is -2.31. The number of carbonyl (C=O) groups is 1. The van der Waals surface area contributed by atoms with Gasteiger partial charge in [-0.2, -0.15) is 0 Å². The summed E-state index contributed by atoms with van der Waals surface area (Å²) in [5.41, 5.74) is -0.0270. The third kappa shape index (κ3) is 1.95. The summed E-state index contributed by atoms with van der Waals surface area (Å²) in [6.07, 6.45) is 0. The van der Waals surface area contributed by atoms with Crippen molar-refractivity contribution in [2.24, 2.45) is 21.1 Å². The molecular formula is C13H18N4O3. The first-order valence-corrected chi connectivity index (χ1v) is 6.32. The van der Waals surface area contributed by atoms with Crippen LogP contribution in [0, 0.1) is 0 Å². The number of nitrogens with zero attached hydrogens (tertiary/aromatic N) is 3. The fraction of sp³-hybridized carbons (Fsp3) is 0.462. The lowest BCUT2D eigenvalue weighted by molar-refractivity contribution is 0.0935. The average molecular weight is 278 g/mol. The quantitative estimate of drug-likeness (QED) is 0.820. The molecule has 2 heterocycles. The molecule has 0 atom stereocenters. The van der Waals surface area contributed by atoms with Crippen molar-refractivity contribution in [3.05, 3.63) is 32.6 Å². The molecule has 2 aromatic rings. The first-order chi connectivity index (χ1) is 9.25. The van der Waals surface area contributed by atoms with Crippen LogP contribution in [0.1, 0.15) is 24.3 Å². The summed E-state index contributed by atoms with van der Waals surface area (Å²) in [6, 6.07) is 1.52. The van der Waals surface area contributed by atoms with Gasteiger partial charge in [0, 0.05) is 27.2 Å². The zero-order valence-corrected chi connectivity index (χ0v) is 12.2. The van der Waals surface area contributed by atoms with Crippen LogP contribution in [0.3, 0.4) is 0 Å². The average Bonchev–Trinajstić information content (AvgIpc) is 2.71. The minimum Gasteiger partial charge on any atom is -0.349 e. The van der Waals surface area contributed by atoms with Gasteiger partial charge >= 0.3 is 5.69 Å². The Balaban J connectivity index is 2.80. The maximum absolute atomic E-state index is 12.1. The lowest BCUT2D eigenvalue weighted by atomic mass is 10.3. The number of rotatable bonds is 2. The molecule has 2 rings (SSSR count). The highest BCUT2D eigenvalue weighted by Crippen LogP contribution is 2.13. The first-order valence-electron chi connectivity index (χ1n) is 6.32. The van der Waals surface area contributed by atoms with E-state index in [0.717, 1.165) is 4.57 Å². The number of hydrogen-bond donors (Lipinski definition) is 1. The highest BCUT2D eigenvalue weighted by molar-refractivity contribution is 5.97. The second kappa shape index (κ2) is 4.66. The van der Waals surface area contributed by atoms with E-state index in [1.54, 1.807) is 18.7 Å². The Kier molecular flexibility index (Phi) is 3.29. The zero-order valence-electron chi connectivity index (χ0n) is 12.2. The molecule has 0 unspecified atom stereocenters. The second-order valence-electron chi connectivity index (χ2n) is 5.16. The number of fused-ring (bicyclic) bond motifs is 1. The molecule has 20 heavy (non-hydrogen) atoms. The van der Waals surface area contributed by atoms with Crippen molar-refractivity contribution in [3.63, 3.8) is 0 Å². The summed E-state index contributed by atoms with van der Waals surface area (Å²) in [5.74, 6) is -0.270. The molecule has 0 aliphatic carbocycles. The van der Waals surface area contributed by atoms with Crippen LogP contribution < -0.4 is 16.6 Å². The van der Waals surface area contributed by atoms with Crippen molar-refractivity contribution >= 4 is 16.9 Å². The largest absolute Gasteiger partial charge is 0.349 e. The van der Waals surface area contributed by atoms with Gasteiger partial charge in [0.25, 0.3) is 11.5 Å². The fourth-order valence-electron chi connectivity index (χ4n) is 2.29. The fourth-order valence-corrected chi connectivity index (χ4v) is 2.29. The normalized spacial score (nSPS) is 11.3. The molecule has 0 aliphatic rings. The van der Waals surface area contributed by atoms with Gasteiger partial charge in [0.1, 0.15) is 11.3 Å². The number of hydrogen-bond acceptors (Lipinski definition) is 3. The van der Waals surface area contributed by atoms with Gasteiger partial charge in [-0.05, 0) is 19.9 Å². The van der Waals surface area contributed by atoms with Crippen molar-refractivity contribution in [3.8, 4) is 0 Å². The van der Waals surface area contributed by atoms with E-state index in [0.29, 0.717) is 16.7 Å². The van der Waals surface area contributed by atoms with Crippen LogP contribution in [0.5, 0.6) is 0 Å². The summed E-state index contributed by atoms with van der Waals surface area (Å²) in [5, 5.41) is 3.13. The Morgan fingerprint density at radius 1 is 1.10 bits per heavy atom. The highest BCUT2D eigenvalue weighted by atomic mass is 16.2. The molecule has 0 bridgehead atoms. The molecule has 0 aromatic carbocycles. The van der Waals surface area contributed by atoms with Crippen LogP contribution in [-0.4, -0.2) is 25.7 Å². The number of aromatic nitrogens is 3. The van der Waals surface area contributed by atoms with Gasteiger partial charge in [0.15, 0.2) is 0 Å². The first kappa shape index (κ1) is 14.1. The Morgan fingerprint density at radius 3 is 2.25 bits per heavy atom. The molecule has 1 N–H and O–H groups in total. The summed E-state index contributed by atoms with van der Waals surface area (Å²) in [7, 11) is 4.66. The third-order valence-corrected chi connectivity index (χ3v) is 3.28. The molecule has 0 saturated heterocycles. The van der Waals surface area contributed by atoms with Crippen LogP contribution in [0.15, 0.2) is 15.7 Å². The topological polar surface area (TPSA) is 78.0 Å². The van der Waals surface area contributed by atoms with Gasteiger partial charge in [0.05, 0.1) is 5.39 Å². The van der Waals surface area contributed by atoms with E-state index in [1.807, 2.05) is 13.8 Å². The minimum atomic E-state index is -0.417.